The number of nitrogens with one attached hydrogen (secondary N) is 2. The standard InChI is InChI=1S/C25H29N3O3/c1-31-21-11-8-18(9-12-21)15-27-25(30)20-5-4-14-28(17-20)24(29)13-10-19-16-26-23-7-3-2-6-22(19)23/h2-3,6-9,11-12,16,20,26H,4-5,10,13-15,17H2,1H3,(H,27,30). The minimum Gasteiger partial charge on any atom is -0.497 e. The molecule has 6 nitrogen and oxygen atoms in total. The van der Waals surface area contributed by atoms with E-state index in [2.05, 4.69) is 16.4 Å². The maximum Gasteiger partial charge on any atom is 0.225 e. The van der Waals surface area contributed by atoms with Gasteiger partial charge in [-0.2, -0.15) is 0 Å². The summed E-state index contributed by atoms with van der Waals surface area (Å²) in [5.41, 5.74) is 3.28. The van der Waals surface area contributed by atoms with E-state index in [1.54, 1.807) is 7.11 Å². The van der Waals surface area contributed by atoms with Crippen molar-refractivity contribution in [3.05, 3.63) is 65.9 Å². The molecule has 1 fully saturated rings. The summed E-state index contributed by atoms with van der Waals surface area (Å²) in [6.45, 7) is 1.71. The van der Waals surface area contributed by atoms with Crippen LogP contribution in [0.2, 0.25) is 0 Å². The molecule has 0 saturated carbocycles. The van der Waals surface area contributed by atoms with E-state index in [0.717, 1.165) is 41.8 Å². The van der Waals surface area contributed by atoms with Crippen molar-refractivity contribution in [2.75, 3.05) is 20.2 Å². The van der Waals surface area contributed by atoms with Crippen LogP contribution in [0.5, 0.6) is 5.75 Å². The van der Waals surface area contributed by atoms with Crippen LogP contribution < -0.4 is 10.1 Å². The summed E-state index contributed by atoms with van der Waals surface area (Å²) >= 11 is 0. The second-order valence-corrected chi connectivity index (χ2v) is 8.10. The molecule has 0 aliphatic carbocycles. The van der Waals surface area contributed by atoms with Crippen molar-refractivity contribution in [1.82, 2.24) is 15.2 Å². The predicted octanol–water partition coefficient (Wildman–Crippen LogP) is 3.66. The van der Waals surface area contributed by atoms with Crippen LogP contribution in [0.3, 0.4) is 0 Å². The number of nitrogens with zero attached hydrogens (tertiary/aromatic N) is 1. The summed E-state index contributed by atoms with van der Waals surface area (Å²) in [6, 6.07) is 15.8. The summed E-state index contributed by atoms with van der Waals surface area (Å²) in [6.07, 6.45) is 4.83. The van der Waals surface area contributed by atoms with Crippen molar-refractivity contribution < 1.29 is 14.3 Å². The van der Waals surface area contributed by atoms with Gasteiger partial charge in [-0.1, -0.05) is 30.3 Å². The summed E-state index contributed by atoms with van der Waals surface area (Å²) in [5.74, 6) is 0.788. The molecule has 2 amide bonds. The van der Waals surface area contributed by atoms with Crippen molar-refractivity contribution in [3.8, 4) is 5.75 Å². The fourth-order valence-electron chi connectivity index (χ4n) is 4.23. The number of carbonyl (C=O) groups excluding carboxylic acids is 2. The Labute approximate surface area is 182 Å². The molecule has 4 rings (SSSR count). The quantitative estimate of drug-likeness (QED) is 0.614. The zero-order valence-electron chi connectivity index (χ0n) is 17.9. The van der Waals surface area contributed by atoms with Crippen molar-refractivity contribution in [1.29, 1.82) is 0 Å². The minimum absolute atomic E-state index is 0.0185. The highest BCUT2D eigenvalue weighted by molar-refractivity contribution is 5.84. The first-order chi connectivity index (χ1) is 15.1. The number of hydrogen-bond donors (Lipinski definition) is 2. The molecular weight excluding hydrogens is 390 g/mol. The maximum absolute atomic E-state index is 12.8. The number of H-pyrrole nitrogens is 1. The van der Waals surface area contributed by atoms with E-state index in [4.69, 9.17) is 4.74 Å². The SMILES string of the molecule is COc1ccc(CNC(=O)C2CCCN(C(=O)CCc3c[nH]c4ccccc34)C2)cc1. The van der Waals surface area contributed by atoms with Gasteiger partial charge in [0.2, 0.25) is 11.8 Å². The van der Waals surface area contributed by atoms with Gasteiger partial charge in [-0.05, 0) is 48.6 Å². The second-order valence-electron chi connectivity index (χ2n) is 8.10. The lowest BCUT2D eigenvalue weighted by Crippen LogP contribution is -2.45. The molecule has 0 spiro atoms. The Hall–Kier alpha value is -3.28. The number of amides is 2. The van der Waals surface area contributed by atoms with E-state index in [9.17, 15) is 9.59 Å². The van der Waals surface area contributed by atoms with Gasteiger partial charge in [0.25, 0.3) is 0 Å². The Morgan fingerprint density at radius 3 is 2.77 bits per heavy atom. The molecular formula is C25H29N3O3. The second kappa shape index (κ2) is 9.69. The largest absolute Gasteiger partial charge is 0.497 e. The molecule has 1 unspecified atom stereocenters. The maximum atomic E-state index is 12.8. The molecule has 1 aliphatic heterocycles. The van der Waals surface area contributed by atoms with Gasteiger partial charge in [-0.15, -0.1) is 0 Å². The topological polar surface area (TPSA) is 74.4 Å². The Bertz CT molecular complexity index is 1040. The summed E-state index contributed by atoms with van der Waals surface area (Å²) in [5, 5.41) is 4.19. The zero-order valence-corrected chi connectivity index (χ0v) is 17.9. The van der Waals surface area contributed by atoms with Gasteiger partial charge in [-0.25, -0.2) is 0 Å². The number of benzene rings is 2. The monoisotopic (exact) mass is 419 g/mol. The molecule has 2 N–H and O–H groups in total. The average molecular weight is 420 g/mol. The van der Waals surface area contributed by atoms with E-state index < -0.39 is 0 Å². The lowest BCUT2D eigenvalue weighted by atomic mass is 9.96. The molecule has 0 bridgehead atoms. The molecule has 2 aromatic carbocycles. The molecule has 162 valence electrons. The number of piperidine rings is 1. The fraction of sp³-hybridized carbons (Fsp3) is 0.360. The number of carbonyl (C=O) groups is 2. The molecule has 0 radical (unpaired) electrons. The average Bonchev–Trinajstić information content (AvgIpc) is 3.24. The number of aromatic nitrogens is 1. The lowest BCUT2D eigenvalue weighted by molar-refractivity contribution is -0.135. The summed E-state index contributed by atoms with van der Waals surface area (Å²) in [7, 11) is 1.63. The molecule has 6 heteroatoms. The molecule has 31 heavy (non-hydrogen) atoms. The Balaban J connectivity index is 1.27. The number of ether oxygens (including phenoxy) is 1. The van der Waals surface area contributed by atoms with Crippen LogP contribution in [0.15, 0.2) is 54.7 Å². The van der Waals surface area contributed by atoms with Crippen LogP contribution in [-0.4, -0.2) is 41.9 Å². The van der Waals surface area contributed by atoms with Crippen molar-refractivity contribution >= 4 is 22.7 Å². The van der Waals surface area contributed by atoms with Gasteiger partial charge >= 0.3 is 0 Å². The highest BCUT2D eigenvalue weighted by Crippen LogP contribution is 2.21. The van der Waals surface area contributed by atoms with Crippen LogP contribution in [0.1, 0.15) is 30.4 Å². The Morgan fingerprint density at radius 2 is 1.97 bits per heavy atom. The van der Waals surface area contributed by atoms with E-state index in [1.165, 1.54) is 5.39 Å². The number of aryl methyl sites for hydroxylation is 1. The molecule has 3 aromatic rings. The van der Waals surface area contributed by atoms with E-state index >= 15 is 0 Å². The van der Waals surface area contributed by atoms with Crippen molar-refractivity contribution in [2.24, 2.45) is 5.92 Å². The molecule has 1 saturated heterocycles. The van der Waals surface area contributed by atoms with Crippen molar-refractivity contribution in [3.63, 3.8) is 0 Å². The Kier molecular flexibility index (Phi) is 6.55. The van der Waals surface area contributed by atoms with Crippen LogP contribution in [-0.2, 0) is 22.6 Å². The first kappa shape index (κ1) is 21.0. The number of hydrogen-bond acceptors (Lipinski definition) is 3. The third-order valence-corrected chi connectivity index (χ3v) is 6.05. The zero-order chi connectivity index (χ0) is 21.6. The Morgan fingerprint density at radius 1 is 1.16 bits per heavy atom. The predicted molar refractivity (Wildman–Crippen MR) is 121 cm³/mol. The summed E-state index contributed by atoms with van der Waals surface area (Å²) < 4.78 is 5.16. The number of aromatic amines is 1. The molecule has 1 aliphatic rings. The number of para-hydroxylation sites is 1. The van der Waals surface area contributed by atoms with Gasteiger partial charge < -0.3 is 19.9 Å². The third-order valence-electron chi connectivity index (χ3n) is 6.05. The first-order valence-electron chi connectivity index (χ1n) is 10.9. The number of methoxy groups -OCH3 is 1. The first-order valence-corrected chi connectivity index (χ1v) is 10.9. The van der Waals surface area contributed by atoms with E-state index in [0.29, 0.717) is 25.9 Å². The number of likely N-dealkylation sites (tertiary alicyclic amines) is 1. The number of rotatable bonds is 7. The smallest absolute Gasteiger partial charge is 0.225 e. The molecule has 1 atom stereocenters. The van der Waals surface area contributed by atoms with E-state index in [-0.39, 0.29) is 17.7 Å². The van der Waals surface area contributed by atoms with Crippen LogP contribution >= 0.6 is 0 Å². The molecule has 1 aromatic heterocycles. The van der Waals surface area contributed by atoms with E-state index in [1.807, 2.05) is 53.6 Å². The third kappa shape index (κ3) is 5.08. The van der Waals surface area contributed by atoms with Crippen LogP contribution in [0, 0.1) is 5.92 Å². The normalized spacial score (nSPS) is 16.3. The molecule has 2 heterocycles. The summed E-state index contributed by atoms with van der Waals surface area (Å²) in [4.78, 5) is 30.6. The highest BCUT2D eigenvalue weighted by atomic mass is 16.5. The van der Waals surface area contributed by atoms with Crippen molar-refractivity contribution in [2.45, 2.75) is 32.2 Å². The van der Waals surface area contributed by atoms with Crippen LogP contribution in [0.25, 0.3) is 10.9 Å². The minimum atomic E-state index is -0.149. The van der Waals surface area contributed by atoms with Gasteiger partial charge in [0.1, 0.15) is 5.75 Å². The number of fused-ring (bicyclic) bond motifs is 1. The lowest BCUT2D eigenvalue weighted by Gasteiger charge is -2.32. The van der Waals surface area contributed by atoms with Crippen LogP contribution in [0.4, 0.5) is 0 Å². The fourth-order valence-corrected chi connectivity index (χ4v) is 4.23. The van der Waals surface area contributed by atoms with Gasteiger partial charge in [0.05, 0.1) is 13.0 Å². The van der Waals surface area contributed by atoms with Gasteiger partial charge in [0.15, 0.2) is 0 Å². The van der Waals surface area contributed by atoms with Gasteiger partial charge in [-0.3, -0.25) is 9.59 Å². The highest BCUT2D eigenvalue weighted by Gasteiger charge is 2.28. The van der Waals surface area contributed by atoms with Gasteiger partial charge in [0, 0.05) is 43.2 Å².